The number of fused-ring (bicyclic) bond motifs is 1. The lowest BCUT2D eigenvalue weighted by molar-refractivity contribution is 0.424. The number of nitrogens with zero attached hydrogens (tertiary/aromatic N) is 3. The Hall–Kier alpha value is -1.64. The van der Waals surface area contributed by atoms with Crippen LogP contribution in [0.5, 0.6) is 0 Å². The Morgan fingerprint density at radius 3 is 2.75 bits per heavy atom. The fourth-order valence-corrected chi connectivity index (χ4v) is 3.89. The number of nitrogens with two attached hydrogens (primary N) is 1. The average molecular weight is 297 g/mol. The number of hydrogen-bond donors (Lipinski definition) is 2. The van der Waals surface area contributed by atoms with Crippen LogP contribution >= 0.6 is 0 Å². The molecule has 0 aromatic carbocycles. The first-order valence-electron chi connectivity index (χ1n) is 6.50. The molecule has 0 aliphatic heterocycles. The van der Waals surface area contributed by atoms with Crippen LogP contribution in [0, 0.1) is 0 Å². The lowest BCUT2D eigenvalue weighted by Gasteiger charge is -2.19. The van der Waals surface area contributed by atoms with Crippen LogP contribution in [0.3, 0.4) is 0 Å². The van der Waals surface area contributed by atoms with Gasteiger partial charge in [0, 0.05) is 19.3 Å². The van der Waals surface area contributed by atoms with Crippen LogP contribution in [0.15, 0.2) is 29.4 Å². The van der Waals surface area contributed by atoms with Crippen LogP contribution < -0.4 is 11.3 Å². The molecule has 3 N–H and O–H groups in total. The van der Waals surface area contributed by atoms with E-state index in [1.807, 2.05) is 13.8 Å². The van der Waals surface area contributed by atoms with Gasteiger partial charge in [-0.3, -0.25) is 4.40 Å². The van der Waals surface area contributed by atoms with Crippen molar-refractivity contribution in [1.82, 2.24) is 13.7 Å². The van der Waals surface area contributed by atoms with Gasteiger partial charge in [0.2, 0.25) is 5.03 Å². The molecule has 110 valence electrons. The number of anilines is 1. The normalized spacial score (nSPS) is 12.2. The third-order valence-electron chi connectivity index (χ3n) is 3.03. The molecular formula is C12H19N5O2S. The molecule has 0 radical (unpaired) electrons. The van der Waals surface area contributed by atoms with Crippen molar-refractivity contribution >= 4 is 21.5 Å². The minimum absolute atomic E-state index is 0.0749. The summed E-state index contributed by atoms with van der Waals surface area (Å²) >= 11 is 0. The topological polar surface area (TPSA) is 92.7 Å². The summed E-state index contributed by atoms with van der Waals surface area (Å²) in [5.41, 5.74) is 2.91. The number of nitrogens with one attached hydrogen (secondary N) is 1. The summed E-state index contributed by atoms with van der Waals surface area (Å²) in [6.07, 6.45) is 2.41. The largest absolute Gasteiger partial charge is 0.306 e. The van der Waals surface area contributed by atoms with Crippen molar-refractivity contribution in [3.8, 4) is 0 Å². The van der Waals surface area contributed by atoms with E-state index in [4.69, 9.17) is 5.84 Å². The second-order valence-corrected chi connectivity index (χ2v) is 6.19. The van der Waals surface area contributed by atoms with E-state index < -0.39 is 10.0 Å². The molecule has 0 aliphatic carbocycles. The van der Waals surface area contributed by atoms with Crippen LogP contribution in [0.4, 0.5) is 5.82 Å². The summed E-state index contributed by atoms with van der Waals surface area (Å²) < 4.78 is 28.5. The molecule has 2 aromatic heterocycles. The molecule has 20 heavy (non-hydrogen) atoms. The van der Waals surface area contributed by atoms with Crippen LogP contribution in [0.1, 0.15) is 20.3 Å². The lowest BCUT2D eigenvalue weighted by Crippen LogP contribution is -2.33. The van der Waals surface area contributed by atoms with E-state index in [-0.39, 0.29) is 10.8 Å². The van der Waals surface area contributed by atoms with E-state index in [1.165, 1.54) is 8.71 Å². The predicted octanol–water partition coefficient (Wildman–Crippen LogP) is 1.04. The van der Waals surface area contributed by atoms with Gasteiger partial charge < -0.3 is 5.43 Å². The second kappa shape index (κ2) is 5.78. The zero-order valence-electron chi connectivity index (χ0n) is 11.6. The van der Waals surface area contributed by atoms with E-state index in [0.29, 0.717) is 18.7 Å². The first-order chi connectivity index (χ1) is 9.56. The number of rotatable bonds is 6. The van der Waals surface area contributed by atoms with E-state index in [0.717, 1.165) is 6.42 Å². The maximum Gasteiger partial charge on any atom is 0.262 e. The predicted molar refractivity (Wildman–Crippen MR) is 77.7 cm³/mol. The van der Waals surface area contributed by atoms with Gasteiger partial charge in [-0.05, 0) is 18.6 Å². The standard InChI is InChI=1S/C12H19N5O2S/c1-3-8-16(4-2)20(18,19)12-11(15-13)14-10-7-5-6-9-17(10)12/h5-7,9,15H,3-4,8,13H2,1-2H3. The second-order valence-electron chi connectivity index (χ2n) is 4.34. The molecule has 0 atom stereocenters. The Balaban J connectivity index is 2.66. The van der Waals surface area contributed by atoms with Gasteiger partial charge in [0.1, 0.15) is 5.65 Å². The van der Waals surface area contributed by atoms with Gasteiger partial charge in [0.15, 0.2) is 5.82 Å². The number of hydrazine groups is 1. The molecule has 7 nitrogen and oxygen atoms in total. The molecule has 0 saturated heterocycles. The summed E-state index contributed by atoms with van der Waals surface area (Å²) in [5, 5.41) is 0.0749. The summed E-state index contributed by atoms with van der Waals surface area (Å²) in [5.74, 6) is 5.58. The molecule has 2 heterocycles. The fourth-order valence-electron chi connectivity index (χ4n) is 2.13. The van der Waals surface area contributed by atoms with E-state index >= 15 is 0 Å². The van der Waals surface area contributed by atoms with Crippen LogP contribution in [0.25, 0.3) is 5.65 Å². The van der Waals surface area contributed by atoms with Crippen LogP contribution in [-0.2, 0) is 10.0 Å². The number of aromatic nitrogens is 2. The Kier molecular flexibility index (Phi) is 4.26. The Morgan fingerprint density at radius 2 is 2.15 bits per heavy atom. The molecule has 2 aromatic rings. The van der Waals surface area contributed by atoms with Gasteiger partial charge >= 0.3 is 0 Å². The maximum atomic E-state index is 12.8. The average Bonchev–Trinajstić information content (AvgIpc) is 2.83. The number of hydrogen-bond acceptors (Lipinski definition) is 5. The summed E-state index contributed by atoms with van der Waals surface area (Å²) in [7, 11) is -3.65. The quantitative estimate of drug-likeness (QED) is 0.614. The molecule has 0 spiro atoms. The molecule has 0 aliphatic rings. The number of imidazole rings is 1. The lowest BCUT2D eigenvalue weighted by atomic mass is 10.5. The highest BCUT2D eigenvalue weighted by Gasteiger charge is 2.30. The van der Waals surface area contributed by atoms with Crippen molar-refractivity contribution in [3.63, 3.8) is 0 Å². The van der Waals surface area contributed by atoms with E-state index in [9.17, 15) is 8.42 Å². The van der Waals surface area contributed by atoms with Crippen molar-refractivity contribution < 1.29 is 8.42 Å². The minimum Gasteiger partial charge on any atom is -0.306 e. The molecule has 2 rings (SSSR count). The zero-order chi connectivity index (χ0) is 14.8. The van der Waals surface area contributed by atoms with Crippen LogP contribution in [-0.4, -0.2) is 35.2 Å². The highest BCUT2D eigenvalue weighted by Crippen LogP contribution is 2.25. The van der Waals surface area contributed by atoms with E-state index in [1.54, 1.807) is 24.4 Å². The molecule has 0 fully saturated rings. The Bertz CT molecular complexity index is 695. The highest BCUT2D eigenvalue weighted by atomic mass is 32.2. The first-order valence-corrected chi connectivity index (χ1v) is 7.94. The number of pyridine rings is 1. The third-order valence-corrected chi connectivity index (χ3v) is 5.03. The highest BCUT2D eigenvalue weighted by molar-refractivity contribution is 7.89. The van der Waals surface area contributed by atoms with Gasteiger partial charge in [-0.25, -0.2) is 19.2 Å². The smallest absolute Gasteiger partial charge is 0.262 e. The molecule has 8 heteroatoms. The molecule has 0 bridgehead atoms. The van der Waals surface area contributed by atoms with Crippen molar-refractivity contribution in [2.45, 2.75) is 25.3 Å². The van der Waals surface area contributed by atoms with Crippen molar-refractivity contribution in [1.29, 1.82) is 0 Å². The van der Waals surface area contributed by atoms with Gasteiger partial charge in [-0.2, -0.15) is 4.31 Å². The minimum atomic E-state index is -3.65. The Labute approximate surface area is 118 Å². The molecule has 0 amide bonds. The molecular weight excluding hydrogens is 278 g/mol. The monoisotopic (exact) mass is 297 g/mol. The van der Waals surface area contributed by atoms with Gasteiger partial charge in [-0.1, -0.05) is 19.9 Å². The molecule has 0 unspecified atom stereocenters. The van der Waals surface area contributed by atoms with Gasteiger partial charge in [0.05, 0.1) is 0 Å². The van der Waals surface area contributed by atoms with Gasteiger partial charge in [-0.15, -0.1) is 0 Å². The summed E-state index contributed by atoms with van der Waals surface area (Å²) in [6.45, 7) is 4.61. The van der Waals surface area contributed by atoms with Crippen LogP contribution in [0.2, 0.25) is 0 Å². The number of sulfonamides is 1. The van der Waals surface area contributed by atoms with Crippen molar-refractivity contribution in [2.75, 3.05) is 18.5 Å². The fraction of sp³-hybridized carbons (Fsp3) is 0.417. The van der Waals surface area contributed by atoms with Crippen molar-refractivity contribution in [3.05, 3.63) is 24.4 Å². The molecule has 0 saturated carbocycles. The zero-order valence-corrected chi connectivity index (χ0v) is 12.4. The van der Waals surface area contributed by atoms with Gasteiger partial charge in [0.25, 0.3) is 10.0 Å². The summed E-state index contributed by atoms with van der Waals surface area (Å²) in [4.78, 5) is 4.20. The van der Waals surface area contributed by atoms with E-state index in [2.05, 4.69) is 10.4 Å². The number of nitrogen functional groups attached to an aromatic ring is 1. The third kappa shape index (κ3) is 2.37. The maximum absolute atomic E-state index is 12.8. The first kappa shape index (κ1) is 14.8. The van der Waals surface area contributed by atoms with Crippen molar-refractivity contribution in [2.24, 2.45) is 5.84 Å². The Morgan fingerprint density at radius 1 is 1.40 bits per heavy atom. The SMILES string of the molecule is CCCN(CC)S(=O)(=O)c1c(NN)nc2ccccn12. The summed E-state index contributed by atoms with van der Waals surface area (Å²) in [6, 6.07) is 5.28.